The van der Waals surface area contributed by atoms with Gasteiger partial charge in [0.05, 0.1) is 0 Å². The molecule has 0 N–H and O–H groups in total. The Morgan fingerprint density at radius 1 is 0.197 bits per heavy atom. The van der Waals surface area contributed by atoms with Gasteiger partial charge in [-0.05, 0) is 167 Å². The maximum Gasteiger partial charge on any atom is 0.0467 e. The smallest absolute Gasteiger partial charge is 0.0467 e. The van der Waals surface area contributed by atoms with E-state index in [4.69, 9.17) is 0 Å². The molecule has 2 nitrogen and oxygen atoms in total. The van der Waals surface area contributed by atoms with Crippen LogP contribution in [0.15, 0.2) is 267 Å². The summed E-state index contributed by atoms with van der Waals surface area (Å²) in [6.45, 7) is 0. The van der Waals surface area contributed by atoms with Gasteiger partial charge in [-0.2, -0.15) is 0 Å². The van der Waals surface area contributed by atoms with Gasteiger partial charge in [-0.3, -0.25) is 0 Å². The first-order valence-electron chi connectivity index (χ1n) is 22.7. The highest BCUT2D eigenvalue weighted by Crippen LogP contribution is 2.49. The minimum absolute atomic E-state index is 1.09. The van der Waals surface area contributed by atoms with Gasteiger partial charge in [0.25, 0.3) is 0 Å². The maximum absolute atomic E-state index is 2.49. The number of hydrogen-bond donors (Lipinski definition) is 0. The van der Waals surface area contributed by atoms with Crippen LogP contribution in [-0.4, -0.2) is 0 Å². The Hall–Kier alpha value is -8.72. The molecule has 12 rings (SSSR count). The van der Waals surface area contributed by atoms with E-state index in [1.165, 1.54) is 65.3 Å². The maximum atomic E-state index is 2.49. The van der Waals surface area contributed by atoms with E-state index in [9.17, 15) is 0 Å². The van der Waals surface area contributed by atoms with Crippen molar-refractivity contribution in [1.82, 2.24) is 0 Å². The molecule has 0 radical (unpaired) electrons. The quantitative estimate of drug-likeness (QED) is 0.106. The number of para-hydroxylation sites is 4. The van der Waals surface area contributed by atoms with Crippen LogP contribution < -0.4 is 9.80 Å². The lowest BCUT2D eigenvalue weighted by atomic mass is 9.83. The molecule has 0 fully saturated rings. The highest BCUT2D eigenvalue weighted by molar-refractivity contribution is 6.27. The summed E-state index contributed by atoms with van der Waals surface area (Å²) in [5.74, 6) is 0. The first-order valence-corrected chi connectivity index (χ1v) is 22.7. The van der Waals surface area contributed by atoms with Crippen LogP contribution in [0.4, 0.5) is 34.1 Å². The van der Waals surface area contributed by atoms with Gasteiger partial charge in [0.1, 0.15) is 0 Å². The number of nitrogens with zero attached hydrogens (tertiary/aromatic N) is 2. The fourth-order valence-corrected chi connectivity index (χ4v) is 10.1. The average Bonchev–Trinajstić information content (AvgIpc) is 3.39. The van der Waals surface area contributed by atoms with Gasteiger partial charge < -0.3 is 9.80 Å². The highest BCUT2D eigenvalue weighted by Gasteiger charge is 2.22. The van der Waals surface area contributed by atoms with Gasteiger partial charge in [0.2, 0.25) is 0 Å². The Balaban J connectivity index is 1.18. The molecule has 0 bridgehead atoms. The summed E-state index contributed by atoms with van der Waals surface area (Å²) in [4.78, 5) is 4.71. The predicted molar refractivity (Wildman–Crippen MR) is 282 cm³/mol. The summed E-state index contributed by atoms with van der Waals surface area (Å²) < 4.78 is 0. The van der Waals surface area contributed by atoms with E-state index in [1.54, 1.807) is 0 Å². The van der Waals surface area contributed by atoms with Crippen molar-refractivity contribution in [2.45, 2.75) is 0 Å². The molecule has 0 saturated carbocycles. The van der Waals surface area contributed by atoms with E-state index in [1.807, 2.05) is 0 Å². The number of anilines is 6. The number of fused-ring (bicyclic) bond motifs is 5. The molecule has 2 heteroatoms. The molecule has 0 saturated heterocycles. The molecule has 0 aliphatic rings. The van der Waals surface area contributed by atoms with Gasteiger partial charge in [0.15, 0.2) is 0 Å². The molecule has 0 aliphatic carbocycles. The second kappa shape index (κ2) is 16.8. The van der Waals surface area contributed by atoms with Crippen LogP contribution in [0.5, 0.6) is 0 Å². The molecule has 66 heavy (non-hydrogen) atoms. The Morgan fingerprint density at radius 3 is 1.00 bits per heavy atom. The van der Waals surface area contributed by atoms with Gasteiger partial charge >= 0.3 is 0 Å². The van der Waals surface area contributed by atoms with Crippen LogP contribution in [0.25, 0.3) is 76.5 Å². The molecular weight excluding hydrogens is 797 g/mol. The molecule has 0 amide bonds. The second-order valence-corrected chi connectivity index (χ2v) is 16.9. The lowest BCUT2D eigenvalue weighted by molar-refractivity contribution is 1.28. The van der Waals surface area contributed by atoms with Gasteiger partial charge in [-0.25, -0.2) is 0 Å². The Labute approximate surface area is 385 Å². The fourth-order valence-electron chi connectivity index (χ4n) is 10.1. The summed E-state index contributed by atoms with van der Waals surface area (Å²) in [7, 11) is 0. The number of rotatable bonds is 9. The fraction of sp³-hybridized carbons (Fsp3) is 0. The van der Waals surface area contributed by atoms with Crippen molar-refractivity contribution < 1.29 is 0 Å². The van der Waals surface area contributed by atoms with E-state index in [-0.39, 0.29) is 0 Å². The van der Waals surface area contributed by atoms with E-state index in [0.29, 0.717) is 0 Å². The molecule has 0 atom stereocenters. The zero-order valence-corrected chi connectivity index (χ0v) is 36.3. The molecule has 0 unspecified atom stereocenters. The molecule has 12 aromatic carbocycles. The first kappa shape index (κ1) is 38.9. The minimum atomic E-state index is 1.09. The van der Waals surface area contributed by atoms with Crippen molar-refractivity contribution in [1.29, 1.82) is 0 Å². The highest BCUT2D eigenvalue weighted by atomic mass is 15.1. The van der Waals surface area contributed by atoms with Gasteiger partial charge in [0, 0.05) is 34.1 Å². The van der Waals surface area contributed by atoms with Crippen LogP contribution in [0.2, 0.25) is 0 Å². The third-order valence-corrected chi connectivity index (χ3v) is 12.9. The van der Waals surface area contributed by atoms with E-state index >= 15 is 0 Å². The standard InChI is InChI=1S/C64H44N2/c1-6-22-45(23-7-1)58-42-46-24-16-17-37-55(46)59-43-61-62(44-60(58)59)64(48-26-21-36-54(41-48)66(51-31-12-4-13-32-51)52-33-14-5-15-34-52)57-39-19-18-38-56(57)63(61)47-25-20-35-53(40-47)65(49-27-8-2-9-28-49)50-29-10-3-11-30-50/h1-44H. The van der Waals surface area contributed by atoms with Crippen LogP contribution in [0.3, 0.4) is 0 Å². The Bertz CT molecular complexity index is 3600. The van der Waals surface area contributed by atoms with E-state index < -0.39 is 0 Å². The van der Waals surface area contributed by atoms with Crippen molar-refractivity contribution >= 4 is 77.2 Å². The van der Waals surface area contributed by atoms with Gasteiger partial charge in [-0.15, -0.1) is 0 Å². The zero-order valence-electron chi connectivity index (χ0n) is 36.3. The molecule has 12 aromatic rings. The summed E-state index contributed by atoms with van der Waals surface area (Å²) >= 11 is 0. The second-order valence-electron chi connectivity index (χ2n) is 16.9. The predicted octanol–water partition coefficient (Wildman–Crippen LogP) is 18.2. The topological polar surface area (TPSA) is 6.48 Å². The molecule has 0 aliphatic heterocycles. The summed E-state index contributed by atoms with van der Waals surface area (Å²) in [6, 6.07) is 97.1. The molecule has 0 spiro atoms. The summed E-state index contributed by atoms with van der Waals surface area (Å²) in [5.41, 5.74) is 13.8. The lowest BCUT2D eigenvalue weighted by Crippen LogP contribution is -2.09. The largest absolute Gasteiger partial charge is 0.310 e. The Morgan fingerprint density at radius 2 is 0.545 bits per heavy atom. The summed E-state index contributed by atoms with van der Waals surface area (Å²) in [6.07, 6.45) is 0. The zero-order chi connectivity index (χ0) is 43.8. The molecule has 0 aromatic heterocycles. The van der Waals surface area contributed by atoms with E-state index in [0.717, 1.165) is 45.3 Å². The SMILES string of the molecule is c1ccc(-c2cc3ccccc3c3cc4c(-c5cccc(N(c6ccccc6)c6ccccc6)c5)c5ccccc5c(-c5cccc(N(c6ccccc6)c6ccccc6)c5)c4cc23)cc1. The van der Waals surface area contributed by atoms with Crippen LogP contribution >= 0.6 is 0 Å². The molecule has 310 valence electrons. The van der Waals surface area contributed by atoms with Crippen LogP contribution in [-0.2, 0) is 0 Å². The van der Waals surface area contributed by atoms with E-state index in [2.05, 4.69) is 277 Å². The number of benzene rings is 12. The first-order chi connectivity index (χ1) is 32.8. The van der Waals surface area contributed by atoms with Gasteiger partial charge in [-0.1, -0.05) is 176 Å². The van der Waals surface area contributed by atoms with Crippen molar-refractivity contribution in [2.75, 3.05) is 9.80 Å². The van der Waals surface area contributed by atoms with Crippen molar-refractivity contribution in [3.63, 3.8) is 0 Å². The lowest BCUT2D eigenvalue weighted by Gasteiger charge is -2.27. The monoisotopic (exact) mass is 840 g/mol. The Kier molecular flexibility index (Phi) is 9.89. The normalized spacial score (nSPS) is 11.3. The third-order valence-electron chi connectivity index (χ3n) is 12.9. The van der Waals surface area contributed by atoms with Crippen molar-refractivity contribution in [2.24, 2.45) is 0 Å². The molecular formula is C64H44N2. The third kappa shape index (κ3) is 6.93. The van der Waals surface area contributed by atoms with Crippen LogP contribution in [0.1, 0.15) is 0 Å². The number of hydrogen-bond acceptors (Lipinski definition) is 2. The van der Waals surface area contributed by atoms with Crippen molar-refractivity contribution in [3.8, 4) is 33.4 Å². The minimum Gasteiger partial charge on any atom is -0.310 e. The molecule has 0 heterocycles. The van der Waals surface area contributed by atoms with Crippen LogP contribution in [0, 0.1) is 0 Å². The summed E-state index contributed by atoms with van der Waals surface area (Å²) in [5, 5.41) is 9.77. The van der Waals surface area contributed by atoms with Crippen molar-refractivity contribution in [3.05, 3.63) is 267 Å². The average molecular weight is 841 g/mol.